The Morgan fingerprint density at radius 3 is 2.34 bits per heavy atom. The number of amides is 1. The number of sulfonamides is 1. The first-order valence-electron chi connectivity index (χ1n) is 10.2. The van der Waals surface area contributed by atoms with Gasteiger partial charge >= 0.3 is 0 Å². The van der Waals surface area contributed by atoms with E-state index in [-0.39, 0.29) is 23.3 Å². The molecule has 1 heterocycles. The Balaban J connectivity index is 1.67. The van der Waals surface area contributed by atoms with Crippen LogP contribution in [0, 0.1) is 0 Å². The van der Waals surface area contributed by atoms with E-state index in [0.29, 0.717) is 17.8 Å². The van der Waals surface area contributed by atoms with Gasteiger partial charge in [-0.3, -0.25) is 9.59 Å². The zero-order valence-corrected chi connectivity index (χ0v) is 19.0. The summed E-state index contributed by atoms with van der Waals surface area (Å²) in [5, 5.41) is 2.84. The Hall–Kier alpha value is -3.30. The van der Waals surface area contributed by atoms with Crippen LogP contribution >= 0.6 is 0 Å². The molecule has 0 radical (unpaired) electrons. The average molecular weight is 455 g/mol. The number of ketones is 1. The molecule has 3 rings (SSSR count). The summed E-state index contributed by atoms with van der Waals surface area (Å²) in [5.74, 6) is 0.00612. The van der Waals surface area contributed by atoms with Gasteiger partial charge in [0.25, 0.3) is 0 Å². The van der Waals surface area contributed by atoms with Crippen LogP contribution in [-0.2, 0) is 14.8 Å². The molecule has 1 unspecified atom stereocenters. The number of imidazole rings is 1. The van der Waals surface area contributed by atoms with Crippen LogP contribution < -0.4 is 5.32 Å². The minimum atomic E-state index is -3.88. The van der Waals surface area contributed by atoms with Crippen molar-refractivity contribution in [2.24, 2.45) is 0 Å². The fraction of sp³-hybridized carbons (Fsp3) is 0.261. The molecule has 0 fully saturated rings. The molecule has 0 saturated heterocycles. The van der Waals surface area contributed by atoms with Crippen molar-refractivity contribution in [1.29, 1.82) is 0 Å². The van der Waals surface area contributed by atoms with Crippen molar-refractivity contribution < 1.29 is 18.0 Å². The maximum Gasteiger partial charge on any atom is 0.243 e. The molecule has 1 atom stereocenters. The van der Waals surface area contributed by atoms with Gasteiger partial charge in [-0.2, -0.15) is 4.31 Å². The molecule has 0 aliphatic carbocycles. The Bertz CT molecular complexity index is 1190. The first kappa shape index (κ1) is 23.4. The maximum atomic E-state index is 12.8. The van der Waals surface area contributed by atoms with Gasteiger partial charge < -0.3 is 10.3 Å². The average Bonchev–Trinajstić information content (AvgIpc) is 3.28. The molecule has 1 aromatic heterocycles. The fourth-order valence-corrected chi connectivity index (χ4v) is 4.34. The van der Waals surface area contributed by atoms with Crippen LogP contribution in [0.5, 0.6) is 0 Å². The number of benzene rings is 2. The van der Waals surface area contributed by atoms with Crippen LogP contribution in [0.1, 0.15) is 42.5 Å². The Labute approximate surface area is 187 Å². The standard InChI is InChI=1S/C23H26N4O4S/c1-4-20(23-24-14-21(26-23)18-8-6-5-7-9-18)25-22(29)15-27(3)32(30,31)19-12-10-17(11-13-19)16(2)28/h5-14,20H,4,15H2,1-3H3,(H,24,26)(H,25,29). The van der Waals surface area contributed by atoms with Crippen LogP contribution in [0.3, 0.4) is 0 Å². The molecule has 0 bridgehead atoms. The second-order valence-corrected chi connectivity index (χ2v) is 9.46. The molecule has 1 amide bonds. The molecule has 0 saturated carbocycles. The molecule has 9 heteroatoms. The van der Waals surface area contributed by atoms with Crippen LogP contribution in [0.25, 0.3) is 11.3 Å². The molecule has 0 aliphatic heterocycles. The number of hydrogen-bond donors (Lipinski definition) is 2. The summed E-state index contributed by atoms with van der Waals surface area (Å²) in [6.45, 7) is 2.97. The lowest BCUT2D eigenvalue weighted by Gasteiger charge is -2.20. The number of Topliss-reactive ketones (excluding diaryl/α,β-unsaturated/α-hetero) is 1. The van der Waals surface area contributed by atoms with Gasteiger partial charge in [-0.25, -0.2) is 13.4 Å². The van der Waals surface area contributed by atoms with Gasteiger partial charge in [0.1, 0.15) is 5.82 Å². The number of aromatic amines is 1. The number of aromatic nitrogens is 2. The van der Waals surface area contributed by atoms with E-state index in [0.717, 1.165) is 15.6 Å². The maximum absolute atomic E-state index is 12.8. The van der Waals surface area contributed by atoms with Gasteiger partial charge in [0, 0.05) is 12.6 Å². The second kappa shape index (κ2) is 9.88. The van der Waals surface area contributed by atoms with Crippen molar-refractivity contribution in [2.45, 2.75) is 31.2 Å². The first-order valence-corrected chi connectivity index (χ1v) is 11.6. The SMILES string of the molecule is CCC(NC(=O)CN(C)S(=O)(=O)c1ccc(C(C)=O)cc1)c1ncc(-c2ccccc2)[nH]1. The zero-order chi connectivity index (χ0) is 23.3. The molecule has 0 aliphatic rings. The first-order chi connectivity index (χ1) is 15.2. The third kappa shape index (κ3) is 5.30. The van der Waals surface area contributed by atoms with E-state index < -0.39 is 15.9 Å². The molecule has 0 spiro atoms. The van der Waals surface area contributed by atoms with Gasteiger partial charge in [0.2, 0.25) is 15.9 Å². The zero-order valence-electron chi connectivity index (χ0n) is 18.2. The molecular weight excluding hydrogens is 428 g/mol. The Morgan fingerprint density at radius 1 is 1.09 bits per heavy atom. The predicted molar refractivity (Wildman–Crippen MR) is 121 cm³/mol. The lowest BCUT2D eigenvalue weighted by atomic mass is 10.2. The van der Waals surface area contributed by atoms with Crippen molar-refractivity contribution >= 4 is 21.7 Å². The highest BCUT2D eigenvalue weighted by Gasteiger charge is 2.25. The topological polar surface area (TPSA) is 112 Å². The van der Waals surface area contributed by atoms with Crippen molar-refractivity contribution in [1.82, 2.24) is 19.6 Å². The number of H-pyrrole nitrogens is 1. The van der Waals surface area contributed by atoms with E-state index in [4.69, 9.17) is 0 Å². The van der Waals surface area contributed by atoms with E-state index >= 15 is 0 Å². The van der Waals surface area contributed by atoms with Crippen LogP contribution in [-0.4, -0.2) is 48.0 Å². The number of carbonyl (C=O) groups excluding carboxylic acids is 2. The normalized spacial score (nSPS) is 12.5. The predicted octanol–water partition coefficient (Wildman–Crippen LogP) is 3.17. The van der Waals surface area contributed by atoms with Crippen molar-refractivity contribution in [3.8, 4) is 11.3 Å². The lowest BCUT2D eigenvalue weighted by molar-refractivity contribution is -0.122. The molecule has 3 aromatic rings. The number of rotatable bonds is 9. The van der Waals surface area contributed by atoms with E-state index in [1.807, 2.05) is 37.3 Å². The third-order valence-corrected chi connectivity index (χ3v) is 6.91. The van der Waals surface area contributed by atoms with Crippen LogP contribution in [0.15, 0.2) is 65.7 Å². The minimum Gasteiger partial charge on any atom is -0.345 e. The highest BCUT2D eigenvalue weighted by Crippen LogP contribution is 2.21. The lowest BCUT2D eigenvalue weighted by Crippen LogP contribution is -2.40. The summed E-state index contributed by atoms with van der Waals surface area (Å²) < 4.78 is 26.5. The van der Waals surface area contributed by atoms with Gasteiger partial charge in [-0.15, -0.1) is 0 Å². The smallest absolute Gasteiger partial charge is 0.243 e. The summed E-state index contributed by atoms with van der Waals surface area (Å²) in [4.78, 5) is 31.6. The molecule has 168 valence electrons. The van der Waals surface area contributed by atoms with Crippen molar-refractivity contribution in [2.75, 3.05) is 13.6 Å². The van der Waals surface area contributed by atoms with Crippen LogP contribution in [0.4, 0.5) is 0 Å². The quantitative estimate of drug-likeness (QED) is 0.482. The molecule has 2 N–H and O–H groups in total. The molecular formula is C23H26N4O4S. The number of nitrogens with one attached hydrogen (secondary N) is 2. The number of carbonyl (C=O) groups is 2. The van der Waals surface area contributed by atoms with Gasteiger partial charge in [0.05, 0.1) is 29.4 Å². The van der Waals surface area contributed by atoms with Gasteiger partial charge in [-0.1, -0.05) is 49.4 Å². The summed E-state index contributed by atoms with van der Waals surface area (Å²) >= 11 is 0. The van der Waals surface area contributed by atoms with E-state index in [1.165, 1.54) is 38.2 Å². The molecule has 32 heavy (non-hydrogen) atoms. The Kier molecular flexibility index (Phi) is 7.22. The van der Waals surface area contributed by atoms with Crippen molar-refractivity contribution in [3.05, 3.63) is 72.2 Å². The summed E-state index contributed by atoms with van der Waals surface area (Å²) in [7, 11) is -2.54. The number of likely N-dealkylation sites (N-methyl/N-ethyl adjacent to an activating group) is 1. The van der Waals surface area contributed by atoms with Crippen molar-refractivity contribution in [3.63, 3.8) is 0 Å². The van der Waals surface area contributed by atoms with Crippen LogP contribution in [0.2, 0.25) is 0 Å². The van der Waals surface area contributed by atoms with Gasteiger partial charge in [0.15, 0.2) is 5.78 Å². The van der Waals surface area contributed by atoms with Gasteiger partial charge in [-0.05, 0) is 31.0 Å². The van der Waals surface area contributed by atoms with E-state index in [1.54, 1.807) is 6.20 Å². The summed E-state index contributed by atoms with van der Waals surface area (Å²) in [5.41, 5.74) is 2.24. The number of hydrogen-bond acceptors (Lipinski definition) is 5. The third-order valence-electron chi connectivity index (χ3n) is 5.09. The van der Waals surface area contributed by atoms with E-state index in [2.05, 4.69) is 15.3 Å². The highest BCUT2D eigenvalue weighted by molar-refractivity contribution is 7.89. The number of nitrogens with zero attached hydrogens (tertiary/aromatic N) is 2. The minimum absolute atomic E-state index is 0.0170. The summed E-state index contributed by atoms with van der Waals surface area (Å²) in [6, 6.07) is 15.0. The second-order valence-electron chi connectivity index (χ2n) is 7.42. The van der Waals surface area contributed by atoms with E-state index in [9.17, 15) is 18.0 Å². The monoisotopic (exact) mass is 454 g/mol. The largest absolute Gasteiger partial charge is 0.345 e. The highest BCUT2D eigenvalue weighted by atomic mass is 32.2. The Morgan fingerprint density at radius 2 is 1.75 bits per heavy atom. The molecule has 8 nitrogen and oxygen atoms in total. The fourth-order valence-electron chi connectivity index (χ4n) is 3.21. The summed E-state index contributed by atoms with van der Waals surface area (Å²) in [6.07, 6.45) is 2.29. The molecule has 2 aromatic carbocycles.